The fraction of sp³-hybridized carbons (Fsp3) is 0.609. The summed E-state index contributed by atoms with van der Waals surface area (Å²) in [5.41, 5.74) is 0.820. The van der Waals surface area contributed by atoms with Crippen molar-refractivity contribution in [3.63, 3.8) is 0 Å². The predicted molar refractivity (Wildman–Crippen MR) is 118 cm³/mol. The number of urea groups is 1. The molecule has 2 aliphatic rings. The van der Waals surface area contributed by atoms with E-state index in [0.29, 0.717) is 25.3 Å². The second kappa shape index (κ2) is 11.0. The molecule has 1 saturated heterocycles. The summed E-state index contributed by atoms with van der Waals surface area (Å²) in [6.07, 6.45) is 9.54. The van der Waals surface area contributed by atoms with E-state index in [9.17, 15) is 18.7 Å². The Kier molecular flexibility index (Phi) is 7.87. The molecule has 3 N–H and O–H groups in total. The smallest absolute Gasteiger partial charge is 0.319 e. The molecule has 1 aliphatic carbocycles. The summed E-state index contributed by atoms with van der Waals surface area (Å²) >= 11 is 0. The van der Waals surface area contributed by atoms with Crippen molar-refractivity contribution in [2.24, 2.45) is 0 Å². The Morgan fingerprint density at radius 1 is 1.18 bits per heavy atom. The summed E-state index contributed by atoms with van der Waals surface area (Å²) in [5.74, 6) is -0.872. The van der Waals surface area contributed by atoms with Crippen molar-refractivity contribution in [1.29, 1.82) is 0 Å². The fourth-order valence-electron chi connectivity index (χ4n) is 4.71. The Labute approximate surface area is 191 Å². The van der Waals surface area contributed by atoms with Crippen molar-refractivity contribution in [1.82, 2.24) is 20.3 Å². The van der Waals surface area contributed by atoms with Crippen LogP contribution in [0.2, 0.25) is 0 Å². The molecule has 0 radical (unpaired) electrons. The van der Waals surface area contributed by atoms with Crippen molar-refractivity contribution in [2.75, 3.05) is 11.9 Å². The van der Waals surface area contributed by atoms with Gasteiger partial charge in [0.1, 0.15) is 17.7 Å². The average molecular weight is 464 g/mol. The monoisotopic (exact) mass is 463 g/mol. The molecule has 180 valence electrons. The van der Waals surface area contributed by atoms with Gasteiger partial charge < -0.3 is 20.5 Å². The van der Waals surface area contributed by atoms with Gasteiger partial charge in [-0.3, -0.25) is 4.68 Å². The highest BCUT2D eigenvalue weighted by Gasteiger charge is 2.32. The van der Waals surface area contributed by atoms with E-state index in [2.05, 4.69) is 20.9 Å². The summed E-state index contributed by atoms with van der Waals surface area (Å²) in [6, 6.07) is 1.72. The molecular weight excluding hydrogens is 432 g/mol. The number of ether oxygens (including phenoxy) is 1. The molecule has 1 aromatic heterocycles. The molecule has 0 spiro atoms. The van der Waals surface area contributed by atoms with E-state index in [-0.39, 0.29) is 18.4 Å². The summed E-state index contributed by atoms with van der Waals surface area (Å²) in [4.78, 5) is 12.3. The first-order chi connectivity index (χ1) is 16.0. The highest BCUT2D eigenvalue weighted by Crippen LogP contribution is 2.31. The summed E-state index contributed by atoms with van der Waals surface area (Å²) in [5, 5.41) is 23.4. The van der Waals surface area contributed by atoms with Crippen molar-refractivity contribution in [2.45, 2.75) is 82.1 Å². The number of aryl methyl sites for hydroxylation is 1. The number of carbonyl (C=O) groups excluding carboxylic acids is 1. The van der Waals surface area contributed by atoms with Gasteiger partial charge in [-0.05, 0) is 44.2 Å². The normalized spacial score (nSPS) is 23.9. The first-order valence-corrected chi connectivity index (χ1v) is 11.7. The quantitative estimate of drug-likeness (QED) is 0.581. The van der Waals surface area contributed by atoms with E-state index >= 15 is 0 Å². The highest BCUT2D eigenvalue weighted by molar-refractivity contribution is 5.89. The number of hydrogen-bond acceptors (Lipinski definition) is 5. The first-order valence-electron chi connectivity index (χ1n) is 11.7. The third-order valence-electron chi connectivity index (χ3n) is 6.55. The maximum absolute atomic E-state index is 13.7. The Bertz CT molecular complexity index is 935. The van der Waals surface area contributed by atoms with Crippen molar-refractivity contribution < 1.29 is 23.4 Å². The number of carbonyl (C=O) groups is 1. The number of benzene rings is 1. The van der Waals surface area contributed by atoms with Crippen LogP contribution in [0, 0.1) is 11.6 Å². The van der Waals surface area contributed by atoms with Gasteiger partial charge in [0.05, 0.1) is 30.1 Å². The number of aliphatic hydroxyl groups is 1. The molecule has 1 saturated carbocycles. The Hall–Kier alpha value is -2.59. The SMILES string of the molecule is O=C(Nc1cc(F)ccc1F)N[C@@H]1CC[C@@H](CCn2cc(C3CCCCC3)nn2)O[C@H]1CO. The molecule has 2 aromatic rings. The molecule has 2 amide bonds. The minimum Gasteiger partial charge on any atom is -0.394 e. The van der Waals surface area contributed by atoms with Crippen LogP contribution in [0.25, 0.3) is 0 Å². The van der Waals surface area contributed by atoms with E-state index in [4.69, 9.17) is 4.74 Å². The molecule has 3 atom stereocenters. The number of halogens is 2. The van der Waals surface area contributed by atoms with Crippen molar-refractivity contribution in [3.05, 3.63) is 41.7 Å². The van der Waals surface area contributed by atoms with E-state index in [1.165, 1.54) is 32.1 Å². The number of aromatic nitrogens is 3. The highest BCUT2D eigenvalue weighted by atomic mass is 19.1. The number of hydrogen-bond donors (Lipinski definition) is 3. The molecule has 1 aromatic carbocycles. The fourth-order valence-corrected chi connectivity index (χ4v) is 4.71. The second-order valence-electron chi connectivity index (χ2n) is 8.92. The van der Waals surface area contributed by atoms with Gasteiger partial charge in [0.2, 0.25) is 0 Å². The van der Waals surface area contributed by atoms with Gasteiger partial charge in [-0.2, -0.15) is 0 Å². The van der Waals surface area contributed by atoms with Crippen LogP contribution in [0.1, 0.15) is 63.0 Å². The van der Waals surface area contributed by atoms with Gasteiger partial charge >= 0.3 is 6.03 Å². The van der Waals surface area contributed by atoms with Gasteiger partial charge in [0.15, 0.2) is 0 Å². The minimum atomic E-state index is -0.732. The van der Waals surface area contributed by atoms with Gasteiger partial charge in [0, 0.05) is 24.7 Å². The lowest BCUT2D eigenvalue weighted by molar-refractivity contribution is -0.0905. The lowest BCUT2D eigenvalue weighted by Crippen LogP contribution is -2.52. The van der Waals surface area contributed by atoms with Crippen LogP contribution in [0.15, 0.2) is 24.4 Å². The average Bonchev–Trinajstić information content (AvgIpc) is 3.30. The number of nitrogens with one attached hydrogen (secondary N) is 2. The number of amides is 2. The topological polar surface area (TPSA) is 101 Å². The Morgan fingerprint density at radius 3 is 2.79 bits per heavy atom. The molecule has 10 heteroatoms. The van der Waals surface area contributed by atoms with Crippen molar-refractivity contribution >= 4 is 11.7 Å². The Balaban J connectivity index is 1.25. The molecule has 4 rings (SSSR count). The Morgan fingerprint density at radius 2 is 2.00 bits per heavy atom. The molecule has 2 heterocycles. The van der Waals surface area contributed by atoms with Crippen LogP contribution < -0.4 is 10.6 Å². The second-order valence-corrected chi connectivity index (χ2v) is 8.92. The number of rotatable bonds is 7. The molecule has 2 fully saturated rings. The van der Waals surface area contributed by atoms with Crippen LogP contribution in [0.3, 0.4) is 0 Å². The molecular formula is C23H31F2N5O3. The van der Waals surface area contributed by atoms with E-state index in [0.717, 1.165) is 30.3 Å². The van der Waals surface area contributed by atoms with Gasteiger partial charge in [-0.25, -0.2) is 13.6 Å². The largest absolute Gasteiger partial charge is 0.394 e. The zero-order valence-corrected chi connectivity index (χ0v) is 18.6. The lowest BCUT2D eigenvalue weighted by atomic mass is 9.87. The summed E-state index contributed by atoms with van der Waals surface area (Å²) < 4.78 is 34.9. The lowest BCUT2D eigenvalue weighted by Gasteiger charge is -2.36. The van der Waals surface area contributed by atoms with Crippen LogP contribution in [0.4, 0.5) is 19.3 Å². The third kappa shape index (κ3) is 6.26. The minimum absolute atomic E-state index is 0.0775. The standard InChI is InChI=1S/C23H31F2N5O3/c24-16-6-8-18(25)20(12-16)27-23(32)26-19-9-7-17(33-22(19)14-31)10-11-30-13-21(28-29-30)15-4-2-1-3-5-15/h6,8,12-13,15,17,19,22,31H,1-5,7,9-11,14H2,(H2,26,27,32)/t17-,19+,22-/m0/s1. The van der Waals surface area contributed by atoms with E-state index < -0.39 is 29.8 Å². The molecule has 33 heavy (non-hydrogen) atoms. The van der Waals surface area contributed by atoms with E-state index in [1.807, 2.05) is 10.9 Å². The maximum Gasteiger partial charge on any atom is 0.319 e. The van der Waals surface area contributed by atoms with E-state index in [1.54, 1.807) is 0 Å². The molecule has 0 bridgehead atoms. The summed E-state index contributed by atoms with van der Waals surface area (Å²) in [7, 11) is 0. The zero-order chi connectivity index (χ0) is 23.2. The maximum atomic E-state index is 13.7. The van der Waals surface area contributed by atoms with Crippen LogP contribution in [-0.2, 0) is 11.3 Å². The molecule has 1 aliphatic heterocycles. The van der Waals surface area contributed by atoms with Crippen LogP contribution in [-0.4, -0.2) is 51.0 Å². The number of nitrogens with zero attached hydrogens (tertiary/aromatic N) is 3. The van der Waals surface area contributed by atoms with Gasteiger partial charge in [-0.1, -0.05) is 24.5 Å². The summed E-state index contributed by atoms with van der Waals surface area (Å²) in [6.45, 7) is 0.408. The number of anilines is 1. The first kappa shape index (κ1) is 23.6. The molecule has 8 nitrogen and oxygen atoms in total. The molecule has 0 unspecified atom stereocenters. The van der Waals surface area contributed by atoms with Gasteiger partial charge in [0.25, 0.3) is 0 Å². The van der Waals surface area contributed by atoms with Crippen LogP contribution in [0.5, 0.6) is 0 Å². The number of aliphatic hydroxyl groups excluding tert-OH is 1. The van der Waals surface area contributed by atoms with Crippen LogP contribution >= 0.6 is 0 Å². The predicted octanol–water partition coefficient (Wildman–Crippen LogP) is 3.72. The third-order valence-corrected chi connectivity index (χ3v) is 6.55. The van der Waals surface area contributed by atoms with Crippen molar-refractivity contribution in [3.8, 4) is 0 Å². The van der Waals surface area contributed by atoms with Gasteiger partial charge in [-0.15, -0.1) is 5.10 Å². The zero-order valence-electron chi connectivity index (χ0n) is 18.6.